The van der Waals surface area contributed by atoms with Crippen molar-refractivity contribution >= 4 is 11.8 Å². The molecule has 0 saturated carbocycles. The molecule has 2 aromatic rings. The molecular formula is C14H14F3N5. The number of anilines is 2. The van der Waals surface area contributed by atoms with Gasteiger partial charge in [0.2, 0.25) is 5.95 Å². The number of aromatic nitrogens is 3. The quantitative estimate of drug-likeness (QED) is 0.924. The van der Waals surface area contributed by atoms with Crippen LogP contribution in [-0.2, 0) is 6.18 Å². The summed E-state index contributed by atoms with van der Waals surface area (Å²) in [5.41, 5.74) is 5.43. The lowest BCUT2D eigenvalue weighted by Crippen LogP contribution is -2.25. The highest BCUT2D eigenvalue weighted by Gasteiger charge is 2.35. The van der Waals surface area contributed by atoms with E-state index in [0.717, 1.165) is 24.6 Å². The zero-order chi connectivity index (χ0) is 15.7. The molecule has 2 aromatic heterocycles. The Labute approximate surface area is 125 Å². The smallest absolute Gasteiger partial charge is 0.383 e. The van der Waals surface area contributed by atoms with Crippen molar-refractivity contribution in [1.29, 1.82) is 0 Å². The van der Waals surface area contributed by atoms with Crippen LogP contribution in [0.15, 0.2) is 30.7 Å². The molecule has 0 bridgehead atoms. The third-order valence-corrected chi connectivity index (χ3v) is 3.69. The fourth-order valence-corrected chi connectivity index (χ4v) is 2.67. The van der Waals surface area contributed by atoms with Crippen LogP contribution in [0.3, 0.4) is 0 Å². The maximum atomic E-state index is 12.7. The average Bonchev–Trinajstić information content (AvgIpc) is 2.96. The topological polar surface area (TPSA) is 67.9 Å². The number of nitrogens with zero attached hydrogens (tertiary/aromatic N) is 4. The monoisotopic (exact) mass is 309 g/mol. The lowest BCUT2D eigenvalue weighted by Gasteiger charge is -2.25. The van der Waals surface area contributed by atoms with Gasteiger partial charge in [0.1, 0.15) is 11.4 Å². The molecule has 8 heteroatoms. The summed E-state index contributed by atoms with van der Waals surface area (Å²) in [6.07, 6.45) is 1.40. The van der Waals surface area contributed by atoms with Gasteiger partial charge in [-0.15, -0.1) is 0 Å². The van der Waals surface area contributed by atoms with Gasteiger partial charge in [-0.1, -0.05) is 6.07 Å². The standard InChI is InChI=1S/C14H14F3N5/c15-14(16,17)10-8-20-13(21-12(10)18)22-6-2-4-11(22)9-3-1-5-19-7-9/h1,3,5,7-8,11H,2,4,6H2,(H2,18,20,21). The Balaban J connectivity index is 1.92. The molecule has 5 nitrogen and oxygen atoms in total. The van der Waals surface area contributed by atoms with Gasteiger partial charge < -0.3 is 10.6 Å². The first-order chi connectivity index (χ1) is 10.5. The molecule has 3 rings (SSSR count). The van der Waals surface area contributed by atoms with Crippen LogP contribution in [0.4, 0.5) is 24.9 Å². The Bertz CT molecular complexity index is 659. The molecule has 1 unspecified atom stereocenters. The van der Waals surface area contributed by atoms with Crippen molar-refractivity contribution in [3.05, 3.63) is 41.9 Å². The van der Waals surface area contributed by atoms with Crippen molar-refractivity contribution in [2.75, 3.05) is 17.2 Å². The third-order valence-electron chi connectivity index (χ3n) is 3.69. The summed E-state index contributed by atoms with van der Waals surface area (Å²) in [5.74, 6) is -0.328. The molecule has 0 aliphatic carbocycles. The minimum atomic E-state index is -4.55. The Morgan fingerprint density at radius 2 is 2.09 bits per heavy atom. The minimum Gasteiger partial charge on any atom is -0.383 e. The van der Waals surface area contributed by atoms with Crippen LogP contribution in [-0.4, -0.2) is 21.5 Å². The van der Waals surface area contributed by atoms with Gasteiger partial charge in [0.25, 0.3) is 0 Å². The first-order valence-electron chi connectivity index (χ1n) is 6.83. The second-order valence-electron chi connectivity index (χ2n) is 5.10. The van der Waals surface area contributed by atoms with Crippen molar-refractivity contribution < 1.29 is 13.2 Å². The molecule has 1 aliphatic rings. The van der Waals surface area contributed by atoms with E-state index in [9.17, 15) is 13.2 Å². The molecule has 116 valence electrons. The van der Waals surface area contributed by atoms with Crippen molar-refractivity contribution in [2.45, 2.75) is 25.1 Å². The van der Waals surface area contributed by atoms with Crippen LogP contribution >= 0.6 is 0 Å². The molecule has 1 atom stereocenters. The largest absolute Gasteiger partial charge is 0.421 e. The number of hydrogen-bond donors (Lipinski definition) is 1. The third kappa shape index (κ3) is 2.68. The highest BCUT2D eigenvalue weighted by molar-refractivity contribution is 5.47. The summed E-state index contributed by atoms with van der Waals surface area (Å²) in [6.45, 7) is 0.671. The molecule has 22 heavy (non-hydrogen) atoms. The Kier molecular flexibility index (Phi) is 3.59. The second-order valence-corrected chi connectivity index (χ2v) is 5.10. The Hall–Kier alpha value is -2.38. The fourth-order valence-electron chi connectivity index (χ4n) is 2.67. The molecule has 0 amide bonds. The van der Waals surface area contributed by atoms with Crippen LogP contribution in [0.1, 0.15) is 30.0 Å². The van der Waals surface area contributed by atoms with Gasteiger partial charge in [0.15, 0.2) is 0 Å². The number of nitrogen functional groups attached to an aromatic ring is 1. The lowest BCUT2D eigenvalue weighted by molar-refractivity contribution is -0.137. The first kappa shape index (κ1) is 14.6. The van der Waals surface area contributed by atoms with Gasteiger partial charge in [0, 0.05) is 25.1 Å². The van der Waals surface area contributed by atoms with E-state index >= 15 is 0 Å². The van der Waals surface area contributed by atoms with E-state index in [2.05, 4.69) is 15.0 Å². The zero-order valence-corrected chi connectivity index (χ0v) is 11.6. The summed E-state index contributed by atoms with van der Waals surface area (Å²) in [5, 5.41) is 0. The molecule has 2 N–H and O–H groups in total. The zero-order valence-electron chi connectivity index (χ0n) is 11.6. The van der Waals surface area contributed by atoms with E-state index in [1.807, 2.05) is 17.0 Å². The molecule has 0 radical (unpaired) electrons. The average molecular weight is 309 g/mol. The predicted molar refractivity (Wildman–Crippen MR) is 75.0 cm³/mol. The van der Waals surface area contributed by atoms with Crippen molar-refractivity contribution in [3.8, 4) is 0 Å². The number of rotatable bonds is 2. The second kappa shape index (κ2) is 5.43. The summed E-state index contributed by atoms with van der Waals surface area (Å²) < 4.78 is 38.2. The summed E-state index contributed by atoms with van der Waals surface area (Å²) >= 11 is 0. The molecular weight excluding hydrogens is 295 g/mol. The lowest BCUT2D eigenvalue weighted by atomic mass is 10.1. The van der Waals surface area contributed by atoms with Crippen molar-refractivity contribution in [1.82, 2.24) is 15.0 Å². The summed E-state index contributed by atoms with van der Waals surface area (Å²) in [6, 6.07) is 3.77. The normalized spacial score (nSPS) is 18.7. The van der Waals surface area contributed by atoms with Gasteiger partial charge in [-0.05, 0) is 24.5 Å². The highest BCUT2D eigenvalue weighted by atomic mass is 19.4. The van der Waals surface area contributed by atoms with Gasteiger partial charge in [-0.3, -0.25) is 4.98 Å². The highest BCUT2D eigenvalue weighted by Crippen LogP contribution is 2.36. The SMILES string of the molecule is Nc1nc(N2CCCC2c2cccnc2)ncc1C(F)(F)F. The number of nitrogens with two attached hydrogens (primary N) is 1. The molecule has 3 heterocycles. The van der Waals surface area contributed by atoms with E-state index < -0.39 is 17.6 Å². The number of halogens is 3. The number of pyridine rings is 1. The van der Waals surface area contributed by atoms with Gasteiger partial charge in [-0.25, -0.2) is 4.98 Å². The van der Waals surface area contributed by atoms with E-state index in [1.165, 1.54) is 0 Å². The van der Waals surface area contributed by atoms with Crippen LogP contribution < -0.4 is 10.6 Å². The van der Waals surface area contributed by atoms with E-state index in [1.54, 1.807) is 12.4 Å². The Morgan fingerprint density at radius 3 is 2.73 bits per heavy atom. The van der Waals surface area contributed by atoms with E-state index in [-0.39, 0.29) is 12.0 Å². The summed E-state index contributed by atoms with van der Waals surface area (Å²) in [7, 11) is 0. The molecule has 0 aromatic carbocycles. The van der Waals surface area contributed by atoms with Gasteiger partial charge in [0.05, 0.1) is 6.04 Å². The molecule has 0 spiro atoms. The van der Waals surface area contributed by atoms with Crippen LogP contribution in [0.25, 0.3) is 0 Å². The Morgan fingerprint density at radius 1 is 1.27 bits per heavy atom. The maximum absolute atomic E-state index is 12.7. The van der Waals surface area contributed by atoms with E-state index in [0.29, 0.717) is 6.54 Å². The fraction of sp³-hybridized carbons (Fsp3) is 0.357. The molecule has 1 fully saturated rings. The van der Waals surface area contributed by atoms with Gasteiger partial charge >= 0.3 is 6.18 Å². The molecule has 1 aliphatic heterocycles. The number of alkyl halides is 3. The van der Waals surface area contributed by atoms with Crippen molar-refractivity contribution in [3.63, 3.8) is 0 Å². The summed E-state index contributed by atoms with van der Waals surface area (Å²) in [4.78, 5) is 13.7. The van der Waals surface area contributed by atoms with Crippen LogP contribution in [0.2, 0.25) is 0 Å². The number of hydrogen-bond acceptors (Lipinski definition) is 5. The maximum Gasteiger partial charge on any atom is 0.421 e. The first-order valence-corrected chi connectivity index (χ1v) is 6.83. The van der Waals surface area contributed by atoms with Crippen LogP contribution in [0.5, 0.6) is 0 Å². The van der Waals surface area contributed by atoms with Crippen molar-refractivity contribution in [2.24, 2.45) is 0 Å². The van der Waals surface area contributed by atoms with Gasteiger partial charge in [-0.2, -0.15) is 18.2 Å². The minimum absolute atomic E-state index is 0.00448. The molecule has 1 saturated heterocycles. The predicted octanol–water partition coefficient (Wildman–Crippen LogP) is 2.81. The van der Waals surface area contributed by atoms with E-state index in [4.69, 9.17) is 5.73 Å². The van der Waals surface area contributed by atoms with Crippen LogP contribution in [0, 0.1) is 0 Å².